The molecule has 0 saturated heterocycles. The summed E-state index contributed by atoms with van der Waals surface area (Å²) >= 11 is 0. The molecule has 89 valence electrons. The van der Waals surface area contributed by atoms with Gasteiger partial charge in [-0.2, -0.15) is 0 Å². The molecule has 1 unspecified atom stereocenters. The maximum atomic E-state index is 9.18. The van der Waals surface area contributed by atoms with Crippen molar-refractivity contribution in [2.45, 2.75) is 30.7 Å². The van der Waals surface area contributed by atoms with Gasteiger partial charge in [0.15, 0.2) is 6.29 Å². The van der Waals surface area contributed by atoms with Gasteiger partial charge in [0.05, 0.1) is 6.61 Å². The second-order valence-corrected chi connectivity index (χ2v) is 2.85. The van der Waals surface area contributed by atoms with Crippen LogP contribution in [0.4, 0.5) is 0 Å². The average Bonchev–Trinajstić information content (AvgIpc) is 2.25. The monoisotopic (exact) mass is 225 g/mol. The molecule has 8 nitrogen and oxygen atoms in total. The van der Waals surface area contributed by atoms with Crippen LogP contribution >= 0.6 is 0 Å². The molecule has 15 heavy (non-hydrogen) atoms. The highest BCUT2D eigenvalue weighted by Crippen LogP contribution is 2.08. The molecule has 9 heteroatoms. The normalized spacial score (nSPS) is 21.5. The third-order valence-electron chi connectivity index (χ3n) is 1.77. The third-order valence-corrected chi connectivity index (χ3v) is 1.77. The summed E-state index contributed by atoms with van der Waals surface area (Å²) in [5.41, 5.74) is 0. The lowest BCUT2D eigenvalue weighted by Crippen LogP contribution is -2.50. The van der Waals surface area contributed by atoms with Crippen LogP contribution in [0.5, 0.6) is 0 Å². The van der Waals surface area contributed by atoms with E-state index >= 15 is 0 Å². The number of hydrogen-bond acceptors (Lipinski definition) is 8. The van der Waals surface area contributed by atoms with E-state index in [4.69, 9.17) is 30.6 Å². The molecule has 0 fully saturated rings. The number of hydrogen-bond donors (Lipinski definition) is 7. The highest BCUT2D eigenvalue weighted by Gasteiger charge is 2.34. The second kappa shape index (κ2) is 7.09. The number of rotatable bonds is 7. The Kier molecular flexibility index (Phi) is 6.97. The Morgan fingerprint density at radius 2 is 1.47 bits per heavy atom. The highest BCUT2D eigenvalue weighted by molar-refractivity contribution is 6.15. The van der Waals surface area contributed by atoms with Crippen LogP contribution in [0, 0.1) is 0 Å². The Balaban J connectivity index is 4.22. The first-order chi connectivity index (χ1) is 6.95. The molecule has 7 N–H and O–H groups in total. The van der Waals surface area contributed by atoms with Crippen molar-refractivity contribution < 1.29 is 40.3 Å². The van der Waals surface area contributed by atoms with Gasteiger partial charge < -0.3 is 40.3 Å². The maximum absolute atomic E-state index is 9.18. The highest BCUT2D eigenvalue weighted by atomic mass is 16.6. The standard InChI is InChI=1S/C6H14BO8/c8-1-2(9)3(10)4(11)5(12)6(13)15-7-14/h2-6,8-14H,1H2/t2-,3-,4+,5+,6?/m1/s1. The van der Waals surface area contributed by atoms with Crippen molar-refractivity contribution in [2.75, 3.05) is 6.61 Å². The van der Waals surface area contributed by atoms with Crippen LogP contribution in [-0.4, -0.2) is 80.7 Å². The van der Waals surface area contributed by atoms with Crippen molar-refractivity contribution in [2.24, 2.45) is 0 Å². The minimum Gasteiger partial charge on any atom is -0.429 e. The van der Waals surface area contributed by atoms with E-state index in [9.17, 15) is 5.11 Å². The Morgan fingerprint density at radius 3 is 1.87 bits per heavy atom. The van der Waals surface area contributed by atoms with Crippen molar-refractivity contribution in [3.05, 3.63) is 0 Å². The van der Waals surface area contributed by atoms with Gasteiger partial charge in [-0.3, -0.25) is 0 Å². The topological polar surface area (TPSA) is 151 Å². The van der Waals surface area contributed by atoms with Gasteiger partial charge in [0.2, 0.25) is 0 Å². The summed E-state index contributed by atoms with van der Waals surface area (Å²) in [7, 11) is 0.0927. The van der Waals surface area contributed by atoms with Crippen LogP contribution in [0.3, 0.4) is 0 Å². The molecule has 0 saturated carbocycles. The van der Waals surface area contributed by atoms with E-state index in [1.54, 1.807) is 0 Å². The van der Waals surface area contributed by atoms with E-state index in [1.165, 1.54) is 0 Å². The van der Waals surface area contributed by atoms with Gasteiger partial charge in [0.1, 0.15) is 24.4 Å². The molecule has 5 atom stereocenters. The summed E-state index contributed by atoms with van der Waals surface area (Å²) in [6.07, 6.45) is -9.39. The molecule has 1 radical (unpaired) electrons. The van der Waals surface area contributed by atoms with Crippen LogP contribution in [0.1, 0.15) is 0 Å². The molecular weight excluding hydrogens is 211 g/mol. The minimum absolute atomic E-state index is 0.0927. The van der Waals surface area contributed by atoms with Crippen molar-refractivity contribution in [3.63, 3.8) is 0 Å². The van der Waals surface area contributed by atoms with E-state index in [1.807, 2.05) is 0 Å². The Hall–Kier alpha value is -0.255. The third kappa shape index (κ3) is 4.41. The van der Waals surface area contributed by atoms with Gasteiger partial charge in [0.25, 0.3) is 0 Å². The molecule has 0 aliphatic carbocycles. The van der Waals surface area contributed by atoms with Gasteiger partial charge >= 0.3 is 7.69 Å². The number of aliphatic hydroxyl groups is 6. The van der Waals surface area contributed by atoms with E-state index in [0.29, 0.717) is 0 Å². The zero-order valence-corrected chi connectivity index (χ0v) is 7.71. The first kappa shape index (κ1) is 14.7. The molecule has 0 amide bonds. The molecule has 0 aromatic rings. The minimum atomic E-state index is -1.97. The van der Waals surface area contributed by atoms with Gasteiger partial charge in [-0.05, 0) is 0 Å². The first-order valence-corrected chi connectivity index (χ1v) is 4.08. The van der Waals surface area contributed by atoms with E-state index < -0.39 is 37.3 Å². The summed E-state index contributed by atoms with van der Waals surface area (Å²) < 4.78 is 4.01. The van der Waals surface area contributed by atoms with Crippen LogP contribution in [0.25, 0.3) is 0 Å². The largest absolute Gasteiger partial charge is 0.487 e. The fourth-order valence-corrected chi connectivity index (χ4v) is 0.849. The maximum Gasteiger partial charge on any atom is 0.487 e. The Bertz CT molecular complexity index is 169. The Morgan fingerprint density at radius 1 is 0.933 bits per heavy atom. The predicted octanol–water partition coefficient (Wildman–Crippen LogP) is -4.72. The van der Waals surface area contributed by atoms with Crippen LogP contribution in [-0.2, 0) is 4.65 Å². The van der Waals surface area contributed by atoms with Crippen molar-refractivity contribution in [1.82, 2.24) is 0 Å². The lowest BCUT2D eigenvalue weighted by atomic mass is 10.0. The van der Waals surface area contributed by atoms with Crippen molar-refractivity contribution >= 4 is 7.69 Å². The molecule has 0 spiro atoms. The Labute approximate surface area is 86.3 Å². The predicted molar refractivity (Wildman–Crippen MR) is 46.2 cm³/mol. The lowest BCUT2D eigenvalue weighted by Gasteiger charge is -2.27. The quantitative estimate of drug-likeness (QED) is 0.168. The molecule has 0 bridgehead atoms. The average molecular weight is 225 g/mol. The summed E-state index contributed by atoms with van der Waals surface area (Å²) in [5, 5.41) is 61.8. The molecular formula is C6H14BO8. The molecule has 0 aromatic carbocycles. The zero-order chi connectivity index (χ0) is 12.0. The SMILES string of the molecule is O[B]OC(O)[C@@H](O)[C@@H](O)[C@H](O)[C@H](O)CO. The fraction of sp³-hybridized carbons (Fsp3) is 1.00. The van der Waals surface area contributed by atoms with Gasteiger partial charge in [0, 0.05) is 0 Å². The number of aliphatic hydroxyl groups excluding tert-OH is 6. The fourth-order valence-electron chi connectivity index (χ4n) is 0.849. The summed E-state index contributed by atoms with van der Waals surface area (Å²) in [5.74, 6) is 0. The lowest BCUT2D eigenvalue weighted by molar-refractivity contribution is -0.183. The van der Waals surface area contributed by atoms with Gasteiger partial charge in [-0.15, -0.1) is 0 Å². The van der Waals surface area contributed by atoms with Crippen molar-refractivity contribution in [1.29, 1.82) is 0 Å². The molecule has 0 rings (SSSR count). The molecule has 0 aromatic heterocycles. The van der Waals surface area contributed by atoms with Crippen LogP contribution < -0.4 is 0 Å². The summed E-state index contributed by atoms with van der Waals surface area (Å²) in [6, 6.07) is 0. The van der Waals surface area contributed by atoms with Gasteiger partial charge in [-0.1, -0.05) is 0 Å². The van der Waals surface area contributed by atoms with Gasteiger partial charge in [-0.25, -0.2) is 0 Å². The smallest absolute Gasteiger partial charge is 0.429 e. The molecule has 0 aliphatic rings. The molecule has 0 heterocycles. The van der Waals surface area contributed by atoms with Crippen LogP contribution in [0.2, 0.25) is 0 Å². The first-order valence-electron chi connectivity index (χ1n) is 4.08. The van der Waals surface area contributed by atoms with E-state index in [-0.39, 0.29) is 7.69 Å². The summed E-state index contributed by atoms with van der Waals surface area (Å²) in [4.78, 5) is 0. The van der Waals surface area contributed by atoms with E-state index in [2.05, 4.69) is 4.65 Å². The second-order valence-electron chi connectivity index (χ2n) is 2.85. The van der Waals surface area contributed by atoms with Crippen molar-refractivity contribution in [3.8, 4) is 0 Å². The molecule has 0 aliphatic heterocycles. The van der Waals surface area contributed by atoms with Crippen LogP contribution in [0.15, 0.2) is 0 Å². The van der Waals surface area contributed by atoms with E-state index in [0.717, 1.165) is 0 Å². The summed E-state index contributed by atoms with van der Waals surface area (Å²) in [6.45, 7) is -0.825. The zero-order valence-electron chi connectivity index (χ0n) is 7.71.